The number of carboxylic acids is 2. The summed E-state index contributed by atoms with van der Waals surface area (Å²) >= 11 is 0. The van der Waals surface area contributed by atoms with Crippen LogP contribution < -0.4 is 0 Å². The number of Topliss-reactive ketones (excluding diaryl/α,β-unsaturated/α-hetero) is 1. The molecule has 0 unspecified atom stereocenters. The number of hydrogen-bond acceptors (Lipinski definition) is 6. The minimum Gasteiger partial charge on any atom is -0.481 e. The Morgan fingerprint density at radius 2 is 0.870 bits per heavy atom. The van der Waals surface area contributed by atoms with Crippen LogP contribution in [0.4, 0.5) is 4.79 Å². The van der Waals surface area contributed by atoms with Crippen LogP contribution in [0.1, 0.15) is 221 Å². The van der Waals surface area contributed by atoms with Crippen molar-refractivity contribution in [3.05, 3.63) is 24.3 Å². The van der Waals surface area contributed by atoms with Gasteiger partial charge in [-0.1, -0.05) is 141 Å². The first-order chi connectivity index (χ1) is 25.8. The lowest BCUT2D eigenvalue weighted by Crippen LogP contribution is -2.65. The van der Waals surface area contributed by atoms with Crippen molar-refractivity contribution in [2.75, 3.05) is 0 Å². The van der Waals surface area contributed by atoms with Gasteiger partial charge in [0.2, 0.25) is 11.4 Å². The van der Waals surface area contributed by atoms with Crippen LogP contribution in [-0.4, -0.2) is 56.0 Å². The topological polar surface area (TPSA) is 138 Å². The van der Waals surface area contributed by atoms with Crippen LogP contribution in [0.2, 0.25) is 0 Å². The number of imide groups is 1. The summed E-state index contributed by atoms with van der Waals surface area (Å²) in [5.74, 6) is -5.33. The van der Waals surface area contributed by atoms with Crippen LogP contribution in [0.5, 0.6) is 0 Å². The second-order valence-electron chi connectivity index (χ2n) is 16.0. The molecular formula is C45H79NO8. The highest BCUT2D eigenvalue weighted by Gasteiger charge is 2.57. The molecule has 0 rings (SSSR count). The Kier molecular flexibility index (Phi) is 30.5. The van der Waals surface area contributed by atoms with Gasteiger partial charge in [-0.15, -0.1) is 0 Å². The van der Waals surface area contributed by atoms with Crippen LogP contribution in [0.25, 0.3) is 0 Å². The molecule has 0 aliphatic heterocycles. The van der Waals surface area contributed by atoms with Gasteiger partial charge >= 0.3 is 18.0 Å². The first-order valence-electron chi connectivity index (χ1n) is 21.7. The van der Waals surface area contributed by atoms with Gasteiger partial charge in [0.05, 0.1) is 6.42 Å². The summed E-state index contributed by atoms with van der Waals surface area (Å²) in [6.07, 6.45) is 33.3. The van der Waals surface area contributed by atoms with E-state index in [2.05, 4.69) is 38.2 Å². The van der Waals surface area contributed by atoms with Gasteiger partial charge in [-0.25, -0.2) is 14.5 Å². The third-order valence-corrected chi connectivity index (χ3v) is 9.75. The molecule has 0 aromatic heterocycles. The van der Waals surface area contributed by atoms with E-state index in [1.165, 1.54) is 77.0 Å². The molecule has 54 heavy (non-hydrogen) atoms. The van der Waals surface area contributed by atoms with Crippen LogP contribution in [-0.2, 0) is 23.9 Å². The van der Waals surface area contributed by atoms with E-state index in [0.29, 0.717) is 30.6 Å². The fourth-order valence-electron chi connectivity index (χ4n) is 6.61. The summed E-state index contributed by atoms with van der Waals surface area (Å²) in [5, 5.41) is 20.2. The molecule has 0 aromatic rings. The molecule has 2 N–H and O–H groups in total. The van der Waals surface area contributed by atoms with Gasteiger partial charge in [0.15, 0.2) is 5.78 Å². The Morgan fingerprint density at radius 3 is 1.22 bits per heavy atom. The van der Waals surface area contributed by atoms with Gasteiger partial charge in [-0.2, -0.15) is 0 Å². The molecule has 0 aliphatic rings. The molecule has 0 radical (unpaired) electrons. The zero-order valence-corrected chi connectivity index (χ0v) is 35.1. The van der Waals surface area contributed by atoms with Crippen molar-refractivity contribution in [2.45, 2.75) is 232 Å². The van der Waals surface area contributed by atoms with Crippen LogP contribution >= 0.6 is 0 Å². The summed E-state index contributed by atoms with van der Waals surface area (Å²) in [6, 6.07) is 0. The van der Waals surface area contributed by atoms with Gasteiger partial charge in [0, 0.05) is 12.8 Å². The number of allylic oxidation sites excluding steroid dienone is 4. The number of nitrogens with zero attached hydrogens (tertiary/aromatic N) is 1. The number of rotatable bonds is 35. The minimum absolute atomic E-state index is 0.202. The molecule has 0 fully saturated rings. The molecule has 1 atom stereocenters. The summed E-state index contributed by atoms with van der Waals surface area (Å²) in [7, 11) is 0. The SMILES string of the molecule is CCCCCCCCC=CCCCCCCCC(=O)N(C(=O)OC(C)(C)C)[C@@](CC(=O)O)(C(=O)O)C(=O)CCCCCCCC=CCCCCCCCC. The first kappa shape index (κ1) is 51.0. The molecule has 0 saturated carbocycles. The van der Waals surface area contributed by atoms with Crippen molar-refractivity contribution in [3.8, 4) is 0 Å². The van der Waals surface area contributed by atoms with Crippen LogP contribution in [0.15, 0.2) is 24.3 Å². The fourth-order valence-corrected chi connectivity index (χ4v) is 6.61. The number of carbonyl (C=O) groups is 5. The smallest absolute Gasteiger partial charge is 0.418 e. The van der Waals surface area contributed by atoms with Gasteiger partial charge in [0.25, 0.3) is 0 Å². The van der Waals surface area contributed by atoms with Crippen LogP contribution in [0.3, 0.4) is 0 Å². The minimum atomic E-state index is -2.89. The maximum Gasteiger partial charge on any atom is 0.418 e. The second-order valence-corrected chi connectivity index (χ2v) is 16.0. The number of unbranched alkanes of at least 4 members (excludes halogenated alkanes) is 22. The number of carbonyl (C=O) groups excluding carboxylic acids is 3. The number of hydrogen-bond donors (Lipinski definition) is 2. The standard InChI is InChI=1S/C45H79NO8/c1-6-8-10-12-14-16-18-20-22-24-26-28-30-32-34-36-39(47)45(42(51)52,38-41(49)50)46(43(53)54-44(3,4)5)40(48)37-35-33-31-29-27-25-23-21-19-17-15-13-11-9-7-2/h20-23H,6-19,24-38H2,1-5H3,(H,49,50)(H,51,52)/t45-/m1/s1. The first-order valence-corrected chi connectivity index (χ1v) is 21.7. The summed E-state index contributed by atoms with van der Waals surface area (Å²) in [4.78, 5) is 66.1. The molecule has 9 heteroatoms. The van der Waals surface area contributed by atoms with Crippen molar-refractivity contribution in [2.24, 2.45) is 0 Å². The third kappa shape index (κ3) is 25.2. The molecule has 0 spiro atoms. The van der Waals surface area contributed by atoms with Gasteiger partial charge in [-0.3, -0.25) is 14.4 Å². The van der Waals surface area contributed by atoms with E-state index in [4.69, 9.17) is 4.74 Å². The Hall–Kier alpha value is -2.97. The molecule has 9 nitrogen and oxygen atoms in total. The Bertz CT molecular complexity index is 1090. The molecule has 0 heterocycles. The molecule has 2 amide bonds. The van der Waals surface area contributed by atoms with E-state index < -0.39 is 47.3 Å². The Morgan fingerprint density at radius 1 is 0.519 bits per heavy atom. The number of ketones is 1. The van der Waals surface area contributed by atoms with Crippen LogP contribution in [0, 0.1) is 0 Å². The van der Waals surface area contributed by atoms with Crippen molar-refractivity contribution in [1.29, 1.82) is 0 Å². The summed E-state index contributed by atoms with van der Waals surface area (Å²) < 4.78 is 5.41. The van der Waals surface area contributed by atoms with Gasteiger partial charge in [-0.05, 0) is 85.0 Å². The van der Waals surface area contributed by atoms with E-state index in [1.807, 2.05) is 0 Å². The van der Waals surface area contributed by atoms with Crippen molar-refractivity contribution >= 4 is 29.7 Å². The summed E-state index contributed by atoms with van der Waals surface area (Å²) in [6.45, 7) is 9.13. The monoisotopic (exact) mass is 762 g/mol. The highest BCUT2D eigenvalue weighted by molar-refractivity contribution is 6.16. The normalized spacial score (nSPS) is 13.0. The average molecular weight is 762 g/mol. The highest BCUT2D eigenvalue weighted by atomic mass is 16.6. The lowest BCUT2D eigenvalue weighted by Gasteiger charge is -2.37. The largest absolute Gasteiger partial charge is 0.481 e. The Balaban J connectivity index is 5.12. The zero-order chi connectivity index (χ0) is 40.5. The van der Waals surface area contributed by atoms with Crippen molar-refractivity contribution < 1.29 is 38.9 Å². The fraction of sp³-hybridized carbons (Fsp3) is 0.800. The van der Waals surface area contributed by atoms with Gasteiger partial charge in [0.1, 0.15) is 5.60 Å². The number of ether oxygens (including phenoxy) is 1. The predicted molar refractivity (Wildman–Crippen MR) is 220 cm³/mol. The van der Waals surface area contributed by atoms with Crippen molar-refractivity contribution in [1.82, 2.24) is 4.90 Å². The molecule has 0 aliphatic carbocycles. The van der Waals surface area contributed by atoms with E-state index in [9.17, 15) is 34.2 Å². The molecule has 0 saturated heterocycles. The second kappa shape index (κ2) is 32.3. The predicted octanol–water partition coefficient (Wildman–Crippen LogP) is 12.7. The average Bonchev–Trinajstić information content (AvgIpc) is 3.10. The molecule has 0 aromatic carbocycles. The van der Waals surface area contributed by atoms with E-state index in [1.54, 1.807) is 20.8 Å². The van der Waals surface area contributed by atoms with Gasteiger partial charge < -0.3 is 14.9 Å². The lowest BCUT2D eigenvalue weighted by atomic mass is 9.84. The third-order valence-electron chi connectivity index (χ3n) is 9.75. The lowest BCUT2D eigenvalue weighted by molar-refractivity contribution is -0.168. The maximum atomic E-state index is 13.7. The van der Waals surface area contributed by atoms with Crippen molar-refractivity contribution in [3.63, 3.8) is 0 Å². The van der Waals surface area contributed by atoms with E-state index >= 15 is 0 Å². The number of carboxylic acid groups (broad SMARTS) is 2. The molecular weight excluding hydrogens is 682 g/mol. The van der Waals surface area contributed by atoms with E-state index in [0.717, 1.165) is 64.2 Å². The highest BCUT2D eigenvalue weighted by Crippen LogP contribution is 2.29. The molecule has 0 bridgehead atoms. The zero-order valence-electron chi connectivity index (χ0n) is 35.1. The number of amides is 2. The maximum absolute atomic E-state index is 13.7. The number of aliphatic carboxylic acids is 2. The molecule has 312 valence electrons. The Labute approximate surface area is 329 Å². The van der Waals surface area contributed by atoms with E-state index in [-0.39, 0.29) is 12.8 Å². The summed E-state index contributed by atoms with van der Waals surface area (Å²) in [5.41, 5.74) is -4.01. The quantitative estimate of drug-likeness (QED) is 0.0370.